The van der Waals surface area contributed by atoms with Crippen LogP contribution in [0.3, 0.4) is 0 Å². The van der Waals surface area contributed by atoms with E-state index in [2.05, 4.69) is 20.4 Å². The largest absolute Gasteiger partial charge is 0.497 e. The Bertz CT molecular complexity index is 1040. The Morgan fingerprint density at radius 2 is 1.97 bits per heavy atom. The third kappa shape index (κ3) is 5.08. The summed E-state index contributed by atoms with van der Waals surface area (Å²) in [5.74, 6) is 1.74. The van der Waals surface area contributed by atoms with Crippen LogP contribution in [-0.4, -0.2) is 47.7 Å². The predicted octanol–water partition coefficient (Wildman–Crippen LogP) is 4.01. The van der Waals surface area contributed by atoms with Crippen LogP contribution in [0, 0.1) is 12.7 Å². The number of benzene rings is 2. The average Bonchev–Trinajstić information content (AvgIpc) is 3.26. The number of piperidine rings is 1. The molecular formula is C23H25FN4O3. The van der Waals surface area contributed by atoms with E-state index in [9.17, 15) is 9.18 Å². The van der Waals surface area contributed by atoms with E-state index in [-0.39, 0.29) is 17.6 Å². The van der Waals surface area contributed by atoms with Crippen molar-refractivity contribution in [3.8, 4) is 17.1 Å². The summed E-state index contributed by atoms with van der Waals surface area (Å²) in [5.41, 5.74) is 2.22. The summed E-state index contributed by atoms with van der Waals surface area (Å²) in [5, 5.41) is 6.97. The van der Waals surface area contributed by atoms with E-state index in [0.717, 1.165) is 37.2 Å². The van der Waals surface area contributed by atoms with Gasteiger partial charge in [-0.1, -0.05) is 5.16 Å². The second-order valence-electron chi connectivity index (χ2n) is 7.74. The zero-order valence-electron chi connectivity index (χ0n) is 17.6. The van der Waals surface area contributed by atoms with Crippen LogP contribution >= 0.6 is 0 Å². The fourth-order valence-corrected chi connectivity index (χ4v) is 3.76. The molecule has 31 heavy (non-hydrogen) atoms. The highest BCUT2D eigenvalue weighted by Crippen LogP contribution is 2.29. The van der Waals surface area contributed by atoms with Gasteiger partial charge in [0.2, 0.25) is 17.6 Å². The number of amides is 1. The molecule has 0 unspecified atom stereocenters. The summed E-state index contributed by atoms with van der Waals surface area (Å²) in [4.78, 5) is 19.1. The zero-order valence-corrected chi connectivity index (χ0v) is 17.6. The number of hydrogen-bond acceptors (Lipinski definition) is 6. The van der Waals surface area contributed by atoms with E-state index < -0.39 is 0 Å². The predicted molar refractivity (Wildman–Crippen MR) is 114 cm³/mol. The number of carbonyl (C=O) groups is 1. The Hall–Kier alpha value is -3.26. The standard InChI is InChI=1S/C23H25FN4O3/c1-15-13-18(24)5-8-20(15)25-21(29)14-28-11-9-17(10-12-28)23-26-22(27-31-23)16-3-6-19(30-2)7-4-16/h3-8,13,17H,9-12,14H2,1-2H3,(H,25,29). The van der Waals surface area contributed by atoms with Gasteiger partial charge in [-0.3, -0.25) is 9.69 Å². The molecule has 1 aliphatic heterocycles. The molecule has 8 heteroatoms. The highest BCUT2D eigenvalue weighted by Gasteiger charge is 2.26. The summed E-state index contributed by atoms with van der Waals surface area (Å²) in [7, 11) is 1.63. The number of halogens is 1. The van der Waals surface area contributed by atoms with Gasteiger partial charge in [0.1, 0.15) is 11.6 Å². The number of ether oxygens (including phenoxy) is 1. The van der Waals surface area contributed by atoms with Crippen LogP contribution in [0.15, 0.2) is 47.0 Å². The number of nitrogens with one attached hydrogen (secondary N) is 1. The summed E-state index contributed by atoms with van der Waals surface area (Å²) in [6, 6.07) is 11.9. The monoisotopic (exact) mass is 424 g/mol. The summed E-state index contributed by atoms with van der Waals surface area (Å²) in [6.45, 7) is 3.60. The number of methoxy groups -OCH3 is 1. The highest BCUT2D eigenvalue weighted by molar-refractivity contribution is 5.92. The molecule has 3 aromatic rings. The fourth-order valence-electron chi connectivity index (χ4n) is 3.76. The quantitative estimate of drug-likeness (QED) is 0.644. The summed E-state index contributed by atoms with van der Waals surface area (Å²) < 4.78 is 23.9. The second kappa shape index (κ2) is 9.26. The Labute approximate surface area is 180 Å². The third-order valence-corrected chi connectivity index (χ3v) is 5.56. The van der Waals surface area contributed by atoms with E-state index >= 15 is 0 Å². The number of likely N-dealkylation sites (tertiary alicyclic amines) is 1. The number of hydrogen-bond donors (Lipinski definition) is 1. The first-order valence-electron chi connectivity index (χ1n) is 10.3. The lowest BCUT2D eigenvalue weighted by Gasteiger charge is -2.29. The SMILES string of the molecule is COc1ccc(-c2noc(C3CCN(CC(=O)Nc4ccc(F)cc4C)CC3)n2)cc1. The molecule has 4 rings (SSSR count). The summed E-state index contributed by atoms with van der Waals surface area (Å²) >= 11 is 0. The van der Waals surface area contributed by atoms with Crippen LogP contribution in [-0.2, 0) is 4.79 Å². The van der Waals surface area contributed by atoms with Gasteiger partial charge in [0, 0.05) is 17.2 Å². The van der Waals surface area contributed by atoms with E-state index in [1.807, 2.05) is 24.3 Å². The first-order valence-corrected chi connectivity index (χ1v) is 10.3. The molecule has 0 saturated carbocycles. The van der Waals surface area contributed by atoms with Crippen molar-refractivity contribution in [1.82, 2.24) is 15.0 Å². The van der Waals surface area contributed by atoms with Crippen LogP contribution < -0.4 is 10.1 Å². The molecule has 1 saturated heterocycles. The highest BCUT2D eigenvalue weighted by atomic mass is 19.1. The minimum atomic E-state index is -0.311. The van der Waals surface area contributed by atoms with Gasteiger partial charge in [-0.05, 0) is 80.9 Å². The van der Waals surface area contributed by atoms with Crippen molar-refractivity contribution in [3.05, 3.63) is 59.7 Å². The van der Waals surface area contributed by atoms with Gasteiger partial charge < -0.3 is 14.6 Å². The van der Waals surface area contributed by atoms with Crippen molar-refractivity contribution in [2.24, 2.45) is 0 Å². The molecule has 0 bridgehead atoms. The van der Waals surface area contributed by atoms with Gasteiger partial charge in [0.05, 0.1) is 13.7 Å². The number of aromatic nitrogens is 2. The van der Waals surface area contributed by atoms with Gasteiger partial charge in [-0.2, -0.15) is 4.98 Å². The lowest BCUT2D eigenvalue weighted by Crippen LogP contribution is -2.38. The molecule has 162 valence electrons. The first kappa shape index (κ1) is 21.0. The van der Waals surface area contributed by atoms with Crippen LogP contribution in [0.5, 0.6) is 5.75 Å². The van der Waals surface area contributed by atoms with Crippen molar-refractivity contribution < 1.29 is 18.4 Å². The Morgan fingerprint density at radius 3 is 2.65 bits per heavy atom. The molecule has 1 amide bonds. The number of aryl methyl sites for hydroxylation is 1. The minimum absolute atomic E-state index is 0.104. The molecule has 0 radical (unpaired) electrons. The maximum atomic E-state index is 13.2. The van der Waals surface area contributed by atoms with Gasteiger partial charge in [0.25, 0.3) is 0 Å². The van der Waals surface area contributed by atoms with Crippen molar-refractivity contribution in [1.29, 1.82) is 0 Å². The molecule has 7 nitrogen and oxygen atoms in total. The smallest absolute Gasteiger partial charge is 0.238 e. The summed E-state index contributed by atoms with van der Waals surface area (Å²) in [6.07, 6.45) is 1.68. The molecule has 1 N–H and O–H groups in total. The van der Waals surface area contributed by atoms with E-state index in [1.54, 1.807) is 20.1 Å². The molecule has 1 aliphatic rings. The topological polar surface area (TPSA) is 80.5 Å². The molecular weight excluding hydrogens is 399 g/mol. The molecule has 2 aromatic carbocycles. The first-order chi connectivity index (χ1) is 15.0. The van der Waals surface area contributed by atoms with Gasteiger partial charge >= 0.3 is 0 Å². The van der Waals surface area contributed by atoms with Crippen LogP contribution in [0.4, 0.5) is 10.1 Å². The van der Waals surface area contributed by atoms with Crippen molar-refractivity contribution in [3.63, 3.8) is 0 Å². The average molecular weight is 424 g/mol. The van der Waals surface area contributed by atoms with Crippen molar-refractivity contribution >= 4 is 11.6 Å². The van der Waals surface area contributed by atoms with Crippen LogP contribution in [0.1, 0.15) is 30.2 Å². The normalized spacial score (nSPS) is 15.1. The Morgan fingerprint density at radius 1 is 1.23 bits per heavy atom. The molecule has 2 heterocycles. The zero-order chi connectivity index (χ0) is 21.8. The van der Waals surface area contributed by atoms with E-state index in [1.165, 1.54) is 12.1 Å². The molecule has 0 atom stereocenters. The number of rotatable bonds is 6. The van der Waals surface area contributed by atoms with E-state index in [4.69, 9.17) is 9.26 Å². The maximum absolute atomic E-state index is 13.2. The number of nitrogens with zero attached hydrogens (tertiary/aromatic N) is 3. The van der Waals surface area contributed by atoms with Crippen molar-refractivity contribution in [2.75, 3.05) is 32.1 Å². The molecule has 0 spiro atoms. The number of anilines is 1. The lowest BCUT2D eigenvalue weighted by atomic mass is 9.97. The minimum Gasteiger partial charge on any atom is -0.497 e. The Kier molecular flexibility index (Phi) is 6.27. The molecule has 1 fully saturated rings. The van der Waals surface area contributed by atoms with Crippen LogP contribution in [0.25, 0.3) is 11.4 Å². The maximum Gasteiger partial charge on any atom is 0.238 e. The third-order valence-electron chi connectivity index (χ3n) is 5.56. The van der Waals surface area contributed by atoms with Gasteiger partial charge in [-0.15, -0.1) is 0 Å². The molecule has 0 aliphatic carbocycles. The van der Waals surface area contributed by atoms with Gasteiger partial charge in [0.15, 0.2) is 0 Å². The number of carbonyl (C=O) groups excluding carboxylic acids is 1. The second-order valence-corrected chi connectivity index (χ2v) is 7.74. The van der Waals surface area contributed by atoms with E-state index in [0.29, 0.717) is 29.5 Å². The Balaban J connectivity index is 1.29. The van der Waals surface area contributed by atoms with Gasteiger partial charge in [-0.25, -0.2) is 4.39 Å². The van der Waals surface area contributed by atoms with Crippen LogP contribution in [0.2, 0.25) is 0 Å². The molecule has 1 aromatic heterocycles. The lowest BCUT2D eigenvalue weighted by molar-refractivity contribution is -0.117. The fraction of sp³-hybridized carbons (Fsp3) is 0.348. The van der Waals surface area contributed by atoms with Crippen molar-refractivity contribution in [2.45, 2.75) is 25.7 Å².